The Hall–Kier alpha value is 2.71. The summed E-state index contributed by atoms with van der Waals surface area (Å²) in [7, 11) is -9.22. The minimum atomic E-state index is -4.61. The van der Waals surface area contributed by atoms with E-state index in [9.17, 15) is 0 Å². The average molecular weight is 274 g/mol. The van der Waals surface area contributed by atoms with Crippen molar-refractivity contribution in [1.82, 2.24) is 0 Å². The molecule has 0 unspecified atom stereocenters. The van der Waals surface area contributed by atoms with E-state index < -0.39 is 18.1 Å². The third-order valence-corrected chi connectivity index (χ3v) is 0. The van der Waals surface area contributed by atoms with Crippen LogP contribution >= 0.6 is 0 Å². The van der Waals surface area contributed by atoms with Gasteiger partial charge in [0, 0.05) is 0 Å². The fourth-order valence-corrected chi connectivity index (χ4v) is 0. The molecule has 0 aliphatic carbocycles. The van der Waals surface area contributed by atoms with Crippen LogP contribution in [0.4, 0.5) is 0 Å². The van der Waals surface area contributed by atoms with Crippen molar-refractivity contribution >= 4 is 18.1 Å². The standard InChI is InChI=1S/K.Na.2H4O4Si.H2O.2H/c;;2*1-5(2,3)4;;;/h;;2*1-4H;1H2;;/q2*+1;;;;2*-1. The predicted octanol–water partition coefficient (Wildman–Crippen LogP) is -11.8. The SMILES string of the molecule is O.O[Si](O)(O)O.O[Si](O)(O)O.[H-].[H-].[K+].[Na+]. The fraction of sp³-hybridized carbons (Fsp3) is 0. The monoisotopic (exact) mass is 274 g/mol. The van der Waals surface area contributed by atoms with Crippen molar-refractivity contribution < 1.29 is 128 Å². The second-order valence-electron chi connectivity index (χ2n) is 1.20. The zero-order chi connectivity index (χ0) is 9.00. The van der Waals surface area contributed by atoms with E-state index in [1.165, 1.54) is 0 Å². The molecular formula is H12KNaO9Si2. The summed E-state index contributed by atoms with van der Waals surface area (Å²) in [6.45, 7) is 0. The first-order valence-electron chi connectivity index (χ1n) is 1.79. The third kappa shape index (κ3) is 324. The maximum absolute atomic E-state index is 7.33. The molecule has 0 aromatic heterocycles. The van der Waals surface area contributed by atoms with E-state index in [1.54, 1.807) is 0 Å². The second-order valence-corrected chi connectivity index (χ2v) is 3.60. The maximum atomic E-state index is 7.33. The van der Waals surface area contributed by atoms with E-state index in [4.69, 9.17) is 38.4 Å². The van der Waals surface area contributed by atoms with Gasteiger partial charge >= 0.3 is 99.0 Å². The molecule has 0 aromatic carbocycles. The molecule has 0 amide bonds. The molecule has 0 rings (SSSR count). The van der Waals surface area contributed by atoms with Crippen LogP contribution in [0.25, 0.3) is 0 Å². The van der Waals surface area contributed by atoms with E-state index in [1.807, 2.05) is 0 Å². The molecule has 0 aromatic rings. The first kappa shape index (κ1) is 29.6. The second kappa shape index (κ2) is 12.8. The fourth-order valence-electron chi connectivity index (χ4n) is 0. The molecule has 0 saturated heterocycles. The van der Waals surface area contributed by atoms with Crippen LogP contribution in [0, 0.1) is 0 Å². The summed E-state index contributed by atoms with van der Waals surface area (Å²) in [5.74, 6) is 0. The van der Waals surface area contributed by atoms with Crippen LogP contribution in [0.3, 0.4) is 0 Å². The summed E-state index contributed by atoms with van der Waals surface area (Å²) in [5.41, 5.74) is 0. The van der Waals surface area contributed by atoms with Crippen molar-refractivity contribution in [2.24, 2.45) is 0 Å². The molecule has 0 heterocycles. The molecule has 0 atom stereocenters. The van der Waals surface area contributed by atoms with Crippen LogP contribution < -0.4 is 80.9 Å². The molecule has 13 heavy (non-hydrogen) atoms. The van der Waals surface area contributed by atoms with Gasteiger partial charge in [0.1, 0.15) is 0 Å². The molecule has 10 N–H and O–H groups in total. The Morgan fingerprint density at radius 2 is 0.615 bits per heavy atom. The van der Waals surface area contributed by atoms with Crippen molar-refractivity contribution in [3.8, 4) is 0 Å². The largest absolute Gasteiger partial charge is 1.00 e. The van der Waals surface area contributed by atoms with Gasteiger partial charge in [-0.25, -0.2) is 0 Å². The van der Waals surface area contributed by atoms with E-state index in [0.717, 1.165) is 0 Å². The Bertz CT molecular complexity index is 69.1. The average Bonchev–Trinajstić information content (AvgIpc) is 1.12. The normalized spacial score (nSPS) is 9.23. The quantitative estimate of drug-likeness (QED) is 0.199. The van der Waals surface area contributed by atoms with Crippen molar-refractivity contribution in [3.05, 3.63) is 0 Å². The number of hydrogen-bond donors (Lipinski definition) is 8. The Balaban J connectivity index is -0.0000000128. The van der Waals surface area contributed by atoms with Crippen molar-refractivity contribution in [3.63, 3.8) is 0 Å². The molecule has 76 valence electrons. The van der Waals surface area contributed by atoms with Gasteiger partial charge in [-0.2, -0.15) is 0 Å². The van der Waals surface area contributed by atoms with Crippen LogP contribution in [-0.4, -0.2) is 61.9 Å². The van der Waals surface area contributed by atoms with Gasteiger partial charge in [-0.15, -0.1) is 0 Å². The van der Waals surface area contributed by atoms with Gasteiger partial charge in [0.05, 0.1) is 0 Å². The molecule has 13 heteroatoms. The Kier molecular flexibility index (Phi) is 29.1. The maximum Gasteiger partial charge on any atom is 1.00 e. The van der Waals surface area contributed by atoms with Gasteiger partial charge in [0.2, 0.25) is 0 Å². The van der Waals surface area contributed by atoms with Gasteiger partial charge < -0.3 is 46.7 Å². The summed E-state index contributed by atoms with van der Waals surface area (Å²) in [6.07, 6.45) is 0. The van der Waals surface area contributed by atoms with Crippen molar-refractivity contribution in [2.75, 3.05) is 0 Å². The topological polar surface area (TPSA) is 193 Å². The zero-order valence-corrected chi connectivity index (χ0v) is 14.2. The van der Waals surface area contributed by atoms with Crippen LogP contribution in [0.2, 0.25) is 0 Å². The molecule has 0 radical (unpaired) electrons. The molecule has 9 nitrogen and oxygen atoms in total. The first-order chi connectivity index (χ1) is 4.00. The number of hydrogen-bond acceptors (Lipinski definition) is 8. The molecule has 0 aliphatic rings. The first-order valence-corrected chi connectivity index (χ1v) is 5.37. The third-order valence-electron chi connectivity index (χ3n) is 0. The van der Waals surface area contributed by atoms with Gasteiger partial charge in [-0.05, 0) is 0 Å². The summed E-state index contributed by atoms with van der Waals surface area (Å²) in [5, 5.41) is 0. The van der Waals surface area contributed by atoms with E-state index >= 15 is 0 Å². The molecule has 0 saturated carbocycles. The Morgan fingerprint density at radius 1 is 0.615 bits per heavy atom. The van der Waals surface area contributed by atoms with Gasteiger partial charge in [0.25, 0.3) is 0 Å². The van der Waals surface area contributed by atoms with E-state index in [0.29, 0.717) is 0 Å². The Morgan fingerprint density at radius 3 is 0.615 bits per heavy atom. The molecule has 0 spiro atoms. The van der Waals surface area contributed by atoms with Gasteiger partial charge in [-0.1, -0.05) is 0 Å². The van der Waals surface area contributed by atoms with Crippen LogP contribution in [0.1, 0.15) is 2.85 Å². The van der Waals surface area contributed by atoms with Crippen LogP contribution in [0.15, 0.2) is 0 Å². The summed E-state index contributed by atoms with van der Waals surface area (Å²) >= 11 is 0. The van der Waals surface area contributed by atoms with E-state index in [-0.39, 0.29) is 89.3 Å². The van der Waals surface area contributed by atoms with Crippen LogP contribution in [0.5, 0.6) is 0 Å². The molecule has 0 aliphatic heterocycles. The molecular weight excluding hydrogens is 262 g/mol. The van der Waals surface area contributed by atoms with Gasteiger partial charge in [-0.3, -0.25) is 0 Å². The predicted molar refractivity (Wildman–Crippen MR) is 35.1 cm³/mol. The van der Waals surface area contributed by atoms with Crippen molar-refractivity contribution in [2.45, 2.75) is 0 Å². The minimum Gasteiger partial charge on any atom is -1.00 e. The summed E-state index contributed by atoms with van der Waals surface area (Å²) in [4.78, 5) is 58.6. The Labute approximate surface area is 143 Å². The number of rotatable bonds is 0. The molecule has 0 bridgehead atoms. The zero-order valence-electron chi connectivity index (χ0n) is 9.08. The molecule has 0 fully saturated rings. The summed E-state index contributed by atoms with van der Waals surface area (Å²) < 4.78 is 0. The van der Waals surface area contributed by atoms with Crippen LogP contribution in [-0.2, 0) is 0 Å². The van der Waals surface area contributed by atoms with Gasteiger partial charge in [0.15, 0.2) is 0 Å². The summed E-state index contributed by atoms with van der Waals surface area (Å²) in [6, 6.07) is 0. The minimum absolute atomic E-state index is 0. The van der Waals surface area contributed by atoms with Crippen molar-refractivity contribution in [1.29, 1.82) is 0 Å². The smallest absolute Gasteiger partial charge is 1.00 e. The van der Waals surface area contributed by atoms with E-state index in [2.05, 4.69) is 0 Å².